The summed E-state index contributed by atoms with van der Waals surface area (Å²) >= 11 is 0. The van der Waals surface area contributed by atoms with Crippen molar-refractivity contribution in [3.05, 3.63) is 0 Å². The Labute approximate surface area is 219 Å². The minimum Gasteiger partial charge on any atom is -0.465 e. The first kappa shape index (κ1) is 26.9. The van der Waals surface area contributed by atoms with Crippen molar-refractivity contribution >= 4 is 17.9 Å². The maximum Gasteiger partial charge on any atom is 0.308 e. The molecule has 3 heterocycles. The Hall–Kier alpha value is -1.71. The van der Waals surface area contributed by atoms with E-state index in [2.05, 4.69) is 13.8 Å². The Balaban J connectivity index is 1.60. The van der Waals surface area contributed by atoms with Crippen molar-refractivity contribution in [2.75, 3.05) is 19.8 Å². The van der Waals surface area contributed by atoms with Crippen LogP contribution in [0.4, 0.5) is 0 Å². The molecule has 0 aromatic heterocycles. The molecule has 10 atom stereocenters. The number of fused-ring (bicyclic) bond motifs is 3. The second kappa shape index (κ2) is 9.49. The van der Waals surface area contributed by atoms with E-state index in [4.69, 9.17) is 28.4 Å². The molecular formula is C28H42O9. The SMILES string of the molecule is CC(=O)OC[C@@]12[C@@H](OC(C)=O)C[C@@H](C)[C@](C)(C3C[C@H]4CCO[C@H]4O3)[C@H]1CC[C@H](OC(=O)C(C)C)[C@]21CO1. The first-order valence-electron chi connectivity index (χ1n) is 13.9. The van der Waals surface area contributed by atoms with Gasteiger partial charge in [-0.2, -0.15) is 0 Å². The first-order chi connectivity index (χ1) is 17.5. The number of carbonyl (C=O) groups excluding carboxylic acids is 3. The molecular weight excluding hydrogens is 480 g/mol. The molecule has 9 heteroatoms. The van der Waals surface area contributed by atoms with Gasteiger partial charge in [-0.3, -0.25) is 14.4 Å². The quantitative estimate of drug-likeness (QED) is 0.294. The molecule has 1 unspecified atom stereocenters. The summed E-state index contributed by atoms with van der Waals surface area (Å²) in [6.45, 7) is 12.0. The van der Waals surface area contributed by atoms with E-state index < -0.39 is 29.2 Å². The predicted octanol–water partition coefficient (Wildman–Crippen LogP) is 3.41. The molecule has 0 aromatic rings. The zero-order valence-corrected chi connectivity index (χ0v) is 22.9. The van der Waals surface area contributed by atoms with Crippen molar-refractivity contribution in [2.24, 2.45) is 34.5 Å². The van der Waals surface area contributed by atoms with Gasteiger partial charge < -0.3 is 28.4 Å². The number of rotatable bonds is 6. The molecule has 3 aliphatic heterocycles. The molecule has 2 aliphatic carbocycles. The molecule has 0 N–H and O–H groups in total. The lowest BCUT2D eigenvalue weighted by Gasteiger charge is -2.64. The summed E-state index contributed by atoms with van der Waals surface area (Å²) in [6, 6.07) is 0. The van der Waals surface area contributed by atoms with Crippen LogP contribution in [0.3, 0.4) is 0 Å². The second-order valence-corrected chi connectivity index (χ2v) is 12.5. The molecule has 1 spiro atoms. The van der Waals surface area contributed by atoms with Gasteiger partial charge in [0, 0.05) is 25.2 Å². The highest BCUT2D eigenvalue weighted by Crippen LogP contribution is 2.70. The summed E-state index contributed by atoms with van der Waals surface area (Å²) in [4.78, 5) is 37.3. The molecule has 0 amide bonds. The molecule has 5 aliphatic rings. The van der Waals surface area contributed by atoms with Gasteiger partial charge in [0.2, 0.25) is 0 Å². The fraction of sp³-hybridized carbons (Fsp3) is 0.893. The van der Waals surface area contributed by atoms with Crippen LogP contribution in [0.5, 0.6) is 0 Å². The third-order valence-corrected chi connectivity index (χ3v) is 10.3. The Morgan fingerprint density at radius 2 is 1.73 bits per heavy atom. The van der Waals surface area contributed by atoms with Crippen molar-refractivity contribution in [1.82, 2.24) is 0 Å². The highest BCUT2D eigenvalue weighted by Gasteiger charge is 2.80. The van der Waals surface area contributed by atoms with Gasteiger partial charge in [-0.1, -0.05) is 27.7 Å². The van der Waals surface area contributed by atoms with E-state index in [0.29, 0.717) is 31.8 Å². The summed E-state index contributed by atoms with van der Waals surface area (Å²) < 4.78 is 36.6. The highest BCUT2D eigenvalue weighted by atomic mass is 16.7. The van der Waals surface area contributed by atoms with Crippen LogP contribution < -0.4 is 0 Å². The predicted molar refractivity (Wildman–Crippen MR) is 130 cm³/mol. The number of esters is 3. The van der Waals surface area contributed by atoms with E-state index in [1.807, 2.05) is 0 Å². The van der Waals surface area contributed by atoms with Crippen LogP contribution >= 0.6 is 0 Å². The van der Waals surface area contributed by atoms with Gasteiger partial charge >= 0.3 is 17.9 Å². The fourth-order valence-electron chi connectivity index (χ4n) is 8.17. The van der Waals surface area contributed by atoms with Gasteiger partial charge in [0.05, 0.1) is 30.7 Å². The molecule has 208 valence electrons. The lowest BCUT2D eigenvalue weighted by atomic mass is 9.42. The number of ether oxygens (including phenoxy) is 6. The molecule has 9 nitrogen and oxygen atoms in total. The number of carbonyl (C=O) groups is 3. The zero-order valence-electron chi connectivity index (χ0n) is 22.9. The fourth-order valence-corrected chi connectivity index (χ4v) is 8.17. The van der Waals surface area contributed by atoms with Crippen molar-refractivity contribution in [1.29, 1.82) is 0 Å². The normalized spacial score (nSPS) is 46.3. The van der Waals surface area contributed by atoms with E-state index >= 15 is 0 Å². The summed E-state index contributed by atoms with van der Waals surface area (Å²) in [5.41, 5.74) is -2.10. The Morgan fingerprint density at radius 3 is 2.32 bits per heavy atom. The van der Waals surface area contributed by atoms with Gasteiger partial charge in [0.15, 0.2) is 6.29 Å². The molecule has 37 heavy (non-hydrogen) atoms. The topological polar surface area (TPSA) is 110 Å². The second-order valence-electron chi connectivity index (χ2n) is 12.5. The number of hydrogen-bond donors (Lipinski definition) is 0. The molecule has 0 bridgehead atoms. The van der Waals surface area contributed by atoms with Crippen LogP contribution in [0.2, 0.25) is 0 Å². The van der Waals surface area contributed by atoms with Crippen LogP contribution in [-0.2, 0) is 42.8 Å². The average Bonchev–Trinajstić information content (AvgIpc) is 3.31. The van der Waals surface area contributed by atoms with Gasteiger partial charge in [-0.15, -0.1) is 0 Å². The van der Waals surface area contributed by atoms with E-state index in [0.717, 1.165) is 19.4 Å². The monoisotopic (exact) mass is 522 g/mol. The van der Waals surface area contributed by atoms with E-state index in [1.54, 1.807) is 13.8 Å². The summed E-state index contributed by atoms with van der Waals surface area (Å²) in [5.74, 6) is -0.913. The van der Waals surface area contributed by atoms with Crippen molar-refractivity contribution in [3.63, 3.8) is 0 Å². The first-order valence-corrected chi connectivity index (χ1v) is 13.9. The number of epoxide rings is 1. The van der Waals surface area contributed by atoms with Crippen LogP contribution in [0, 0.1) is 34.5 Å². The van der Waals surface area contributed by atoms with E-state index in [9.17, 15) is 14.4 Å². The smallest absolute Gasteiger partial charge is 0.308 e. The maximum absolute atomic E-state index is 12.7. The lowest BCUT2D eigenvalue weighted by Crippen LogP contribution is -2.72. The van der Waals surface area contributed by atoms with Gasteiger partial charge in [-0.05, 0) is 43.9 Å². The number of hydrogen-bond acceptors (Lipinski definition) is 9. The van der Waals surface area contributed by atoms with Crippen LogP contribution in [0.1, 0.15) is 73.6 Å². The van der Waals surface area contributed by atoms with Crippen LogP contribution in [-0.4, -0.2) is 67.9 Å². The molecule has 0 aromatic carbocycles. The minimum absolute atomic E-state index is 0.0268. The van der Waals surface area contributed by atoms with E-state index in [1.165, 1.54) is 13.8 Å². The van der Waals surface area contributed by atoms with Gasteiger partial charge in [0.1, 0.15) is 24.4 Å². The Morgan fingerprint density at radius 1 is 1.00 bits per heavy atom. The summed E-state index contributed by atoms with van der Waals surface area (Å²) in [7, 11) is 0. The zero-order chi connectivity index (χ0) is 26.8. The molecule has 2 saturated carbocycles. The van der Waals surface area contributed by atoms with Crippen molar-refractivity contribution in [2.45, 2.75) is 104 Å². The summed E-state index contributed by atoms with van der Waals surface area (Å²) in [6.07, 6.45) is 2.48. The highest BCUT2D eigenvalue weighted by molar-refractivity contribution is 5.72. The lowest BCUT2D eigenvalue weighted by molar-refractivity contribution is -0.270. The standard InChI is InChI=1S/C28H42O9/c1-15(2)24(31)36-21-8-7-20-26(6,22-12-19-9-10-32-25(19)37-22)16(3)11-23(35-18(5)30)27(20,13-33-17(4)29)28(21)14-34-28/h15-16,19-23,25H,7-14H2,1-6H3/t16-,19-,20-,21+,22?,23+,25+,26+,27+,28-/m1/s1. The van der Waals surface area contributed by atoms with Gasteiger partial charge in [-0.25, -0.2) is 0 Å². The Bertz CT molecular complexity index is 917. The van der Waals surface area contributed by atoms with Gasteiger partial charge in [0.25, 0.3) is 0 Å². The van der Waals surface area contributed by atoms with Crippen molar-refractivity contribution < 1.29 is 42.8 Å². The van der Waals surface area contributed by atoms with Crippen LogP contribution in [0.25, 0.3) is 0 Å². The third kappa shape index (κ3) is 4.11. The maximum atomic E-state index is 12.7. The summed E-state index contributed by atoms with van der Waals surface area (Å²) in [5, 5.41) is 0. The minimum atomic E-state index is -0.900. The Kier molecular flexibility index (Phi) is 6.89. The molecule has 3 saturated heterocycles. The van der Waals surface area contributed by atoms with Crippen molar-refractivity contribution in [3.8, 4) is 0 Å². The van der Waals surface area contributed by atoms with Crippen LogP contribution in [0.15, 0.2) is 0 Å². The van der Waals surface area contributed by atoms with E-state index in [-0.39, 0.29) is 54.1 Å². The molecule has 0 radical (unpaired) electrons. The molecule has 5 rings (SSSR count). The largest absolute Gasteiger partial charge is 0.465 e. The average molecular weight is 523 g/mol. The molecule has 5 fully saturated rings. The third-order valence-electron chi connectivity index (χ3n) is 10.3.